The van der Waals surface area contributed by atoms with E-state index in [1.54, 1.807) is 37.6 Å². The number of amides is 2. The van der Waals surface area contributed by atoms with E-state index in [1.165, 1.54) is 4.90 Å². The molecule has 2 aromatic heterocycles. The molecule has 5 rings (SSSR count). The number of hydrogen-bond donors (Lipinski definition) is 0. The number of rotatable bonds is 5. The normalized spacial score (nSPS) is 13.2. The summed E-state index contributed by atoms with van der Waals surface area (Å²) in [5, 5.41) is 0. The van der Waals surface area contributed by atoms with Crippen LogP contribution in [-0.2, 0) is 13.1 Å². The van der Waals surface area contributed by atoms with Crippen LogP contribution >= 0.6 is 0 Å². The minimum Gasteiger partial charge on any atom is -0.496 e. The summed E-state index contributed by atoms with van der Waals surface area (Å²) in [6.07, 6.45) is 1.70. The van der Waals surface area contributed by atoms with Crippen LogP contribution in [0.5, 0.6) is 5.75 Å². The summed E-state index contributed by atoms with van der Waals surface area (Å²) in [4.78, 5) is 36.0. The maximum absolute atomic E-state index is 12.8. The molecular formula is C23H18N4O3. The summed E-state index contributed by atoms with van der Waals surface area (Å²) in [7, 11) is 1.63. The Morgan fingerprint density at radius 2 is 1.57 bits per heavy atom. The second-order valence-electron chi connectivity index (χ2n) is 7.01. The Kier molecular flexibility index (Phi) is 4.28. The van der Waals surface area contributed by atoms with Crippen molar-refractivity contribution in [2.75, 3.05) is 7.11 Å². The van der Waals surface area contributed by atoms with E-state index in [9.17, 15) is 9.59 Å². The van der Waals surface area contributed by atoms with E-state index in [0.29, 0.717) is 34.7 Å². The molecule has 30 heavy (non-hydrogen) atoms. The summed E-state index contributed by atoms with van der Waals surface area (Å²) in [5.41, 5.74) is 3.20. The number of imide groups is 1. The van der Waals surface area contributed by atoms with Crippen LogP contribution < -0.4 is 4.74 Å². The third-order valence-electron chi connectivity index (χ3n) is 5.28. The van der Waals surface area contributed by atoms with Gasteiger partial charge in [-0.2, -0.15) is 0 Å². The number of nitrogens with zero attached hydrogens (tertiary/aromatic N) is 4. The number of pyridine rings is 1. The third kappa shape index (κ3) is 2.83. The molecule has 2 aromatic carbocycles. The lowest BCUT2D eigenvalue weighted by Crippen LogP contribution is -2.30. The van der Waals surface area contributed by atoms with E-state index in [2.05, 4.69) is 9.97 Å². The fraction of sp³-hybridized carbons (Fsp3) is 0.130. The molecule has 7 heteroatoms. The largest absolute Gasteiger partial charge is 0.496 e. The van der Waals surface area contributed by atoms with E-state index in [0.717, 1.165) is 11.3 Å². The first-order chi connectivity index (χ1) is 14.7. The molecule has 0 fully saturated rings. The van der Waals surface area contributed by atoms with Crippen molar-refractivity contribution in [3.8, 4) is 5.75 Å². The maximum Gasteiger partial charge on any atom is 0.261 e. The smallest absolute Gasteiger partial charge is 0.261 e. The molecule has 148 valence electrons. The Hall–Kier alpha value is -4.00. The van der Waals surface area contributed by atoms with Crippen LogP contribution in [0.2, 0.25) is 0 Å². The van der Waals surface area contributed by atoms with E-state index >= 15 is 0 Å². The number of ether oxygens (including phenoxy) is 1. The molecule has 0 spiro atoms. The number of methoxy groups -OCH3 is 1. The molecule has 1 aliphatic rings. The van der Waals surface area contributed by atoms with Crippen molar-refractivity contribution in [1.82, 2.24) is 19.4 Å². The number of carbonyl (C=O) groups is 2. The predicted molar refractivity (Wildman–Crippen MR) is 110 cm³/mol. The molecular weight excluding hydrogens is 380 g/mol. The highest BCUT2D eigenvalue weighted by Crippen LogP contribution is 2.27. The van der Waals surface area contributed by atoms with Gasteiger partial charge in [0.1, 0.15) is 17.1 Å². The van der Waals surface area contributed by atoms with Crippen molar-refractivity contribution >= 4 is 23.0 Å². The highest BCUT2D eigenvalue weighted by Gasteiger charge is 2.36. The zero-order valence-electron chi connectivity index (χ0n) is 16.3. The topological polar surface area (TPSA) is 77.3 Å². The number of imidazole rings is 1. The lowest BCUT2D eigenvalue weighted by molar-refractivity contribution is 0.0637. The van der Waals surface area contributed by atoms with E-state index in [4.69, 9.17) is 4.74 Å². The lowest BCUT2D eigenvalue weighted by Gasteiger charge is -2.16. The van der Waals surface area contributed by atoms with Crippen molar-refractivity contribution in [1.29, 1.82) is 0 Å². The number of carbonyl (C=O) groups excluding carboxylic acids is 2. The van der Waals surface area contributed by atoms with Gasteiger partial charge in [-0.3, -0.25) is 14.5 Å². The number of aromatic nitrogens is 3. The van der Waals surface area contributed by atoms with Crippen LogP contribution in [0.15, 0.2) is 66.9 Å². The molecule has 0 N–H and O–H groups in total. The third-order valence-corrected chi connectivity index (χ3v) is 5.28. The fourth-order valence-corrected chi connectivity index (χ4v) is 3.82. The Bertz CT molecular complexity index is 1260. The molecule has 0 atom stereocenters. The summed E-state index contributed by atoms with van der Waals surface area (Å²) >= 11 is 0. The van der Waals surface area contributed by atoms with Crippen LogP contribution in [0.4, 0.5) is 0 Å². The molecule has 7 nitrogen and oxygen atoms in total. The van der Waals surface area contributed by atoms with Crippen LogP contribution in [0.25, 0.3) is 11.2 Å². The van der Waals surface area contributed by atoms with Crippen molar-refractivity contribution < 1.29 is 14.3 Å². The minimum atomic E-state index is -0.306. The fourth-order valence-electron chi connectivity index (χ4n) is 3.82. The molecule has 0 saturated heterocycles. The number of para-hydroxylation sites is 1. The quantitative estimate of drug-likeness (QED) is 0.482. The second kappa shape index (κ2) is 7.11. The zero-order chi connectivity index (χ0) is 20.7. The predicted octanol–water partition coefficient (Wildman–Crippen LogP) is 3.28. The molecule has 1 aliphatic heterocycles. The van der Waals surface area contributed by atoms with Crippen molar-refractivity contribution in [3.05, 3.63) is 89.4 Å². The highest BCUT2D eigenvalue weighted by molar-refractivity contribution is 6.21. The number of fused-ring (bicyclic) bond motifs is 2. The van der Waals surface area contributed by atoms with Gasteiger partial charge in [0.2, 0.25) is 0 Å². The zero-order valence-corrected chi connectivity index (χ0v) is 16.3. The van der Waals surface area contributed by atoms with Crippen molar-refractivity contribution in [3.63, 3.8) is 0 Å². The van der Waals surface area contributed by atoms with Crippen LogP contribution in [0, 0.1) is 0 Å². The lowest BCUT2D eigenvalue weighted by atomic mass is 10.1. The molecule has 3 heterocycles. The minimum absolute atomic E-state index is 0.0673. The summed E-state index contributed by atoms with van der Waals surface area (Å²) in [6, 6.07) is 18.3. The Morgan fingerprint density at radius 3 is 2.30 bits per heavy atom. The average Bonchev–Trinajstić information content (AvgIpc) is 3.25. The van der Waals surface area contributed by atoms with E-state index < -0.39 is 0 Å². The molecule has 0 unspecified atom stereocenters. The molecule has 0 radical (unpaired) electrons. The molecule has 0 aliphatic carbocycles. The van der Waals surface area contributed by atoms with E-state index in [-0.39, 0.29) is 18.4 Å². The van der Waals surface area contributed by atoms with Crippen LogP contribution in [0.3, 0.4) is 0 Å². The average molecular weight is 398 g/mol. The molecule has 4 aromatic rings. The van der Waals surface area contributed by atoms with Crippen molar-refractivity contribution in [2.24, 2.45) is 0 Å². The van der Waals surface area contributed by atoms with Gasteiger partial charge in [-0.15, -0.1) is 0 Å². The Labute approximate surface area is 172 Å². The molecule has 2 amide bonds. The SMILES string of the molecule is COc1ccccc1Cn1c(CN2C(=O)c3ccccc3C2=O)nc2cccnc21. The monoisotopic (exact) mass is 398 g/mol. The van der Waals surface area contributed by atoms with Gasteiger partial charge >= 0.3 is 0 Å². The van der Waals surface area contributed by atoms with Gasteiger partial charge in [0.15, 0.2) is 5.65 Å². The van der Waals surface area contributed by atoms with Gasteiger partial charge in [-0.1, -0.05) is 30.3 Å². The van der Waals surface area contributed by atoms with Gasteiger partial charge in [0.05, 0.1) is 31.3 Å². The second-order valence-corrected chi connectivity index (χ2v) is 7.01. The van der Waals surface area contributed by atoms with Crippen LogP contribution in [0.1, 0.15) is 32.1 Å². The first-order valence-electron chi connectivity index (χ1n) is 9.54. The first-order valence-corrected chi connectivity index (χ1v) is 9.54. The summed E-state index contributed by atoms with van der Waals surface area (Å²) in [6.45, 7) is 0.522. The Morgan fingerprint density at radius 1 is 0.867 bits per heavy atom. The summed E-state index contributed by atoms with van der Waals surface area (Å²) < 4.78 is 7.41. The highest BCUT2D eigenvalue weighted by atomic mass is 16.5. The van der Waals surface area contributed by atoms with Gasteiger partial charge in [0.25, 0.3) is 11.8 Å². The van der Waals surface area contributed by atoms with Crippen molar-refractivity contribution in [2.45, 2.75) is 13.1 Å². The summed E-state index contributed by atoms with van der Waals surface area (Å²) in [5.74, 6) is 0.727. The van der Waals surface area contributed by atoms with Crippen LogP contribution in [-0.4, -0.2) is 38.4 Å². The maximum atomic E-state index is 12.8. The van der Waals surface area contributed by atoms with Gasteiger partial charge < -0.3 is 9.30 Å². The molecule has 0 bridgehead atoms. The first kappa shape index (κ1) is 18.1. The van der Waals surface area contributed by atoms with E-state index in [1.807, 2.05) is 41.0 Å². The van der Waals surface area contributed by atoms with Gasteiger partial charge in [-0.05, 0) is 30.3 Å². The standard InChI is InChI=1S/C23H18N4O3/c1-30-19-11-5-2-7-15(19)13-26-20(25-18-10-6-12-24-21(18)26)14-27-22(28)16-8-3-4-9-17(16)23(27)29/h2-12H,13-14H2,1H3. The van der Waals surface area contributed by atoms with Gasteiger partial charge in [-0.25, -0.2) is 9.97 Å². The number of benzene rings is 2. The Balaban J connectivity index is 1.56. The molecule has 0 saturated carbocycles. The number of hydrogen-bond acceptors (Lipinski definition) is 5. The van der Waals surface area contributed by atoms with Gasteiger partial charge in [0, 0.05) is 11.8 Å².